The SMILES string of the molecule is O=C1C2CC=CCC2C(=O)N1CN1CCN(c2ccccc2)CC1. The first-order valence-corrected chi connectivity index (χ1v) is 8.76. The zero-order valence-electron chi connectivity index (χ0n) is 13.8. The van der Waals surface area contributed by atoms with Crippen LogP contribution in [-0.2, 0) is 9.59 Å². The lowest BCUT2D eigenvalue weighted by molar-refractivity contribution is -0.142. The number of amides is 2. The molecule has 1 aromatic rings. The predicted molar refractivity (Wildman–Crippen MR) is 92.3 cm³/mol. The molecule has 0 bridgehead atoms. The predicted octanol–water partition coefficient (Wildman–Crippen LogP) is 1.72. The highest BCUT2D eigenvalue weighted by molar-refractivity contribution is 6.05. The van der Waals surface area contributed by atoms with Gasteiger partial charge < -0.3 is 4.90 Å². The fourth-order valence-electron chi connectivity index (χ4n) is 3.99. The molecule has 0 N–H and O–H groups in total. The van der Waals surface area contributed by atoms with E-state index in [-0.39, 0.29) is 23.7 Å². The molecule has 0 aromatic heterocycles. The van der Waals surface area contributed by atoms with Crippen molar-refractivity contribution >= 4 is 17.5 Å². The van der Waals surface area contributed by atoms with Crippen LogP contribution in [0.25, 0.3) is 0 Å². The third-order valence-corrected chi connectivity index (χ3v) is 5.43. The summed E-state index contributed by atoms with van der Waals surface area (Å²) in [5.41, 5.74) is 1.24. The fourth-order valence-corrected chi connectivity index (χ4v) is 3.99. The summed E-state index contributed by atoms with van der Waals surface area (Å²) in [5.74, 6) is -0.180. The minimum atomic E-state index is -0.117. The van der Waals surface area contributed by atoms with Gasteiger partial charge in [-0.3, -0.25) is 19.4 Å². The first-order chi connectivity index (χ1) is 11.7. The first-order valence-electron chi connectivity index (χ1n) is 8.76. The van der Waals surface area contributed by atoms with Crippen LogP contribution >= 0.6 is 0 Å². The van der Waals surface area contributed by atoms with Gasteiger partial charge >= 0.3 is 0 Å². The number of nitrogens with zero attached hydrogens (tertiary/aromatic N) is 3. The van der Waals surface area contributed by atoms with Gasteiger partial charge in [0.05, 0.1) is 18.5 Å². The highest BCUT2D eigenvalue weighted by Gasteiger charge is 2.47. The van der Waals surface area contributed by atoms with E-state index in [0.29, 0.717) is 19.5 Å². The van der Waals surface area contributed by atoms with E-state index in [0.717, 1.165) is 26.2 Å². The molecule has 2 atom stereocenters. The number of para-hydroxylation sites is 1. The van der Waals surface area contributed by atoms with Crippen LogP contribution in [0.3, 0.4) is 0 Å². The molecule has 3 aliphatic rings. The quantitative estimate of drug-likeness (QED) is 0.627. The summed E-state index contributed by atoms with van der Waals surface area (Å²) in [4.78, 5) is 31.2. The average Bonchev–Trinajstić information content (AvgIpc) is 2.88. The summed E-state index contributed by atoms with van der Waals surface area (Å²) in [6.45, 7) is 4.05. The third kappa shape index (κ3) is 2.73. The number of imide groups is 1. The van der Waals surface area contributed by atoms with E-state index >= 15 is 0 Å². The number of anilines is 1. The second-order valence-electron chi connectivity index (χ2n) is 6.84. The highest BCUT2D eigenvalue weighted by Crippen LogP contribution is 2.35. The molecule has 126 valence electrons. The molecular formula is C19H23N3O2. The van der Waals surface area contributed by atoms with E-state index in [1.54, 1.807) is 0 Å². The maximum atomic E-state index is 12.5. The molecule has 0 saturated carbocycles. The van der Waals surface area contributed by atoms with Gasteiger partial charge in [0.25, 0.3) is 0 Å². The molecule has 2 unspecified atom stereocenters. The number of carbonyl (C=O) groups excluding carboxylic acids is 2. The van der Waals surface area contributed by atoms with Crippen molar-refractivity contribution in [3.63, 3.8) is 0 Å². The molecule has 1 aromatic carbocycles. The van der Waals surface area contributed by atoms with Crippen LogP contribution in [0.4, 0.5) is 5.69 Å². The van der Waals surface area contributed by atoms with Crippen molar-refractivity contribution in [2.75, 3.05) is 37.7 Å². The van der Waals surface area contributed by atoms with Gasteiger partial charge in [-0.2, -0.15) is 0 Å². The lowest BCUT2D eigenvalue weighted by atomic mass is 9.85. The molecule has 5 nitrogen and oxygen atoms in total. The number of carbonyl (C=O) groups is 2. The summed E-state index contributed by atoms with van der Waals surface area (Å²) < 4.78 is 0. The standard InChI is InChI=1S/C19H23N3O2/c23-18-16-8-4-5-9-17(16)19(24)22(18)14-20-10-12-21(13-11-20)15-6-2-1-3-7-15/h1-7,16-17H,8-14H2. The molecule has 5 heteroatoms. The second-order valence-corrected chi connectivity index (χ2v) is 6.84. The van der Waals surface area contributed by atoms with Crippen LogP contribution in [0, 0.1) is 11.8 Å². The molecule has 1 aliphatic carbocycles. The van der Waals surface area contributed by atoms with Crippen LogP contribution < -0.4 is 4.90 Å². The van der Waals surface area contributed by atoms with Gasteiger partial charge in [0.1, 0.15) is 0 Å². The minimum Gasteiger partial charge on any atom is -0.369 e. The van der Waals surface area contributed by atoms with Crippen LogP contribution in [0.1, 0.15) is 12.8 Å². The Kier molecular flexibility index (Phi) is 4.10. The summed E-state index contributed by atoms with van der Waals surface area (Å²) in [6, 6.07) is 10.4. The van der Waals surface area contributed by atoms with E-state index < -0.39 is 0 Å². The van der Waals surface area contributed by atoms with E-state index in [1.165, 1.54) is 10.6 Å². The third-order valence-electron chi connectivity index (χ3n) is 5.43. The maximum Gasteiger partial charge on any atom is 0.234 e. The normalized spacial score (nSPS) is 27.7. The van der Waals surface area contributed by atoms with Crippen molar-refractivity contribution in [2.24, 2.45) is 11.8 Å². The molecule has 2 fully saturated rings. The van der Waals surface area contributed by atoms with Gasteiger partial charge in [-0.15, -0.1) is 0 Å². The van der Waals surface area contributed by atoms with Gasteiger partial charge in [-0.1, -0.05) is 30.4 Å². The summed E-state index contributed by atoms with van der Waals surface area (Å²) in [5, 5.41) is 0. The van der Waals surface area contributed by atoms with E-state index in [9.17, 15) is 9.59 Å². The first kappa shape index (κ1) is 15.4. The largest absolute Gasteiger partial charge is 0.369 e. The Morgan fingerprint density at radius 1 is 0.833 bits per heavy atom. The molecule has 2 aliphatic heterocycles. The molecule has 2 heterocycles. The van der Waals surface area contributed by atoms with Gasteiger partial charge in [0, 0.05) is 31.9 Å². The van der Waals surface area contributed by atoms with Crippen molar-refractivity contribution in [3.8, 4) is 0 Å². The van der Waals surface area contributed by atoms with Crippen LogP contribution in [0.15, 0.2) is 42.5 Å². The van der Waals surface area contributed by atoms with E-state index in [1.807, 2.05) is 18.2 Å². The number of rotatable bonds is 3. The van der Waals surface area contributed by atoms with Crippen LogP contribution in [0.5, 0.6) is 0 Å². The summed E-state index contributed by atoms with van der Waals surface area (Å²) in [6.07, 6.45) is 5.50. The molecule has 24 heavy (non-hydrogen) atoms. The average molecular weight is 325 g/mol. The molecule has 2 saturated heterocycles. The molecule has 4 rings (SSSR count). The Hall–Kier alpha value is -2.14. The Labute approximate surface area is 142 Å². The number of benzene rings is 1. The monoisotopic (exact) mass is 325 g/mol. The number of likely N-dealkylation sites (tertiary alicyclic amines) is 1. The molecule has 0 spiro atoms. The number of hydrogen-bond acceptors (Lipinski definition) is 4. The van der Waals surface area contributed by atoms with Crippen molar-refractivity contribution in [2.45, 2.75) is 12.8 Å². The number of piperazine rings is 1. The fraction of sp³-hybridized carbons (Fsp3) is 0.474. The molecule has 2 amide bonds. The van der Waals surface area contributed by atoms with Crippen molar-refractivity contribution in [1.29, 1.82) is 0 Å². The summed E-state index contributed by atoms with van der Waals surface area (Å²) in [7, 11) is 0. The minimum absolute atomic E-state index is 0.0276. The van der Waals surface area contributed by atoms with E-state index in [2.05, 4.69) is 34.1 Å². The van der Waals surface area contributed by atoms with Crippen molar-refractivity contribution < 1.29 is 9.59 Å². The smallest absolute Gasteiger partial charge is 0.234 e. The number of hydrogen-bond donors (Lipinski definition) is 0. The van der Waals surface area contributed by atoms with Crippen LogP contribution in [0.2, 0.25) is 0 Å². The molecule has 0 radical (unpaired) electrons. The Balaban J connectivity index is 1.36. The zero-order chi connectivity index (χ0) is 16.5. The van der Waals surface area contributed by atoms with Gasteiger partial charge in [-0.05, 0) is 25.0 Å². The Bertz CT molecular complexity index is 624. The Morgan fingerprint density at radius 3 is 2.00 bits per heavy atom. The van der Waals surface area contributed by atoms with Crippen molar-refractivity contribution in [3.05, 3.63) is 42.5 Å². The summed E-state index contributed by atoms with van der Waals surface area (Å²) >= 11 is 0. The number of allylic oxidation sites excluding steroid dienone is 2. The van der Waals surface area contributed by atoms with Gasteiger partial charge in [0.2, 0.25) is 11.8 Å². The zero-order valence-corrected chi connectivity index (χ0v) is 13.8. The van der Waals surface area contributed by atoms with Gasteiger partial charge in [0.15, 0.2) is 0 Å². The lowest BCUT2D eigenvalue weighted by Crippen LogP contribution is -2.51. The maximum absolute atomic E-state index is 12.5. The lowest BCUT2D eigenvalue weighted by Gasteiger charge is -2.37. The van der Waals surface area contributed by atoms with Crippen LogP contribution in [-0.4, -0.2) is 54.5 Å². The van der Waals surface area contributed by atoms with E-state index in [4.69, 9.17) is 0 Å². The Morgan fingerprint density at radius 2 is 1.42 bits per heavy atom. The topological polar surface area (TPSA) is 43.9 Å². The van der Waals surface area contributed by atoms with Crippen molar-refractivity contribution in [1.82, 2.24) is 9.80 Å². The van der Waals surface area contributed by atoms with Gasteiger partial charge in [-0.25, -0.2) is 0 Å². The molecular weight excluding hydrogens is 302 g/mol. The number of fused-ring (bicyclic) bond motifs is 1. The second kappa shape index (κ2) is 6.40. The highest BCUT2D eigenvalue weighted by atomic mass is 16.2.